The molecule has 0 amide bonds. The number of rotatable bonds is 5. The summed E-state index contributed by atoms with van der Waals surface area (Å²) in [7, 11) is 1.95. The molecule has 0 aliphatic heterocycles. The average Bonchev–Trinajstić information content (AvgIpc) is 2.42. The van der Waals surface area contributed by atoms with E-state index in [1.807, 2.05) is 45.3 Å². The summed E-state index contributed by atoms with van der Waals surface area (Å²) in [5, 5.41) is 3.31. The Bertz CT molecular complexity index is 494. The van der Waals surface area contributed by atoms with Crippen LogP contribution in [0, 0.1) is 0 Å². The SMILES string of the molecule is CNC(c1ccc(OC(C)C)cc1)c1cccnc1. The van der Waals surface area contributed by atoms with Crippen molar-refractivity contribution in [3.05, 3.63) is 59.9 Å². The molecule has 0 fully saturated rings. The van der Waals surface area contributed by atoms with Crippen molar-refractivity contribution in [3.8, 4) is 5.75 Å². The standard InChI is InChI=1S/C16H20N2O/c1-12(2)19-15-8-6-13(7-9-15)16(17-3)14-5-4-10-18-11-14/h4-12,16-17H,1-3H3. The van der Waals surface area contributed by atoms with Gasteiger partial charge in [0.15, 0.2) is 0 Å². The highest BCUT2D eigenvalue weighted by molar-refractivity contribution is 5.34. The van der Waals surface area contributed by atoms with E-state index in [0.717, 1.165) is 11.3 Å². The first-order valence-electron chi connectivity index (χ1n) is 6.54. The molecule has 0 aliphatic rings. The number of ether oxygens (including phenoxy) is 1. The maximum absolute atomic E-state index is 5.66. The van der Waals surface area contributed by atoms with Crippen LogP contribution in [0.2, 0.25) is 0 Å². The average molecular weight is 256 g/mol. The molecule has 19 heavy (non-hydrogen) atoms. The van der Waals surface area contributed by atoms with Crippen molar-refractivity contribution in [1.29, 1.82) is 0 Å². The quantitative estimate of drug-likeness (QED) is 0.892. The van der Waals surface area contributed by atoms with Crippen LogP contribution in [-0.4, -0.2) is 18.1 Å². The van der Waals surface area contributed by atoms with E-state index in [1.165, 1.54) is 5.56 Å². The summed E-state index contributed by atoms with van der Waals surface area (Å²) in [6.07, 6.45) is 3.87. The molecule has 0 saturated carbocycles. The zero-order chi connectivity index (χ0) is 13.7. The van der Waals surface area contributed by atoms with Gasteiger partial charge in [-0.1, -0.05) is 18.2 Å². The van der Waals surface area contributed by atoms with Crippen molar-refractivity contribution in [1.82, 2.24) is 10.3 Å². The lowest BCUT2D eigenvalue weighted by Gasteiger charge is -2.17. The molecule has 0 aliphatic carbocycles. The van der Waals surface area contributed by atoms with E-state index >= 15 is 0 Å². The van der Waals surface area contributed by atoms with Crippen LogP contribution in [0.5, 0.6) is 5.75 Å². The van der Waals surface area contributed by atoms with Crippen molar-refractivity contribution in [2.24, 2.45) is 0 Å². The van der Waals surface area contributed by atoms with Crippen molar-refractivity contribution in [2.45, 2.75) is 26.0 Å². The third-order valence-corrected chi connectivity index (χ3v) is 2.89. The van der Waals surface area contributed by atoms with Crippen LogP contribution in [0.25, 0.3) is 0 Å². The monoisotopic (exact) mass is 256 g/mol. The number of benzene rings is 1. The van der Waals surface area contributed by atoms with Gasteiger partial charge in [-0.05, 0) is 50.2 Å². The molecule has 1 N–H and O–H groups in total. The predicted octanol–water partition coefficient (Wildman–Crippen LogP) is 3.18. The summed E-state index contributed by atoms with van der Waals surface area (Å²) in [5.74, 6) is 0.903. The molecule has 0 bridgehead atoms. The zero-order valence-electron chi connectivity index (χ0n) is 11.6. The molecule has 1 aromatic carbocycles. The van der Waals surface area contributed by atoms with Crippen LogP contribution in [0.4, 0.5) is 0 Å². The van der Waals surface area contributed by atoms with Gasteiger partial charge in [0.25, 0.3) is 0 Å². The van der Waals surface area contributed by atoms with Crippen LogP contribution >= 0.6 is 0 Å². The van der Waals surface area contributed by atoms with Gasteiger partial charge in [-0.2, -0.15) is 0 Å². The van der Waals surface area contributed by atoms with Gasteiger partial charge < -0.3 is 10.1 Å². The molecule has 3 heteroatoms. The molecule has 0 saturated heterocycles. The second kappa shape index (κ2) is 6.34. The highest BCUT2D eigenvalue weighted by Gasteiger charge is 2.11. The van der Waals surface area contributed by atoms with E-state index in [9.17, 15) is 0 Å². The number of pyridine rings is 1. The van der Waals surface area contributed by atoms with Crippen molar-refractivity contribution in [3.63, 3.8) is 0 Å². The van der Waals surface area contributed by atoms with Gasteiger partial charge in [0.1, 0.15) is 5.75 Å². The number of hydrogen-bond donors (Lipinski definition) is 1. The minimum Gasteiger partial charge on any atom is -0.491 e. The molecule has 3 nitrogen and oxygen atoms in total. The Morgan fingerprint density at radius 1 is 1.05 bits per heavy atom. The Morgan fingerprint density at radius 3 is 2.32 bits per heavy atom. The first kappa shape index (κ1) is 13.6. The van der Waals surface area contributed by atoms with Gasteiger partial charge in [-0.15, -0.1) is 0 Å². The van der Waals surface area contributed by atoms with Crippen molar-refractivity contribution >= 4 is 0 Å². The van der Waals surface area contributed by atoms with E-state index in [4.69, 9.17) is 4.74 Å². The first-order valence-corrected chi connectivity index (χ1v) is 6.54. The fraction of sp³-hybridized carbons (Fsp3) is 0.312. The predicted molar refractivity (Wildman–Crippen MR) is 77.3 cm³/mol. The Balaban J connectivity index is 2.20. The fourth-order valence-electron chi connectivity index (χ4n) is 2.08. The van der Waals surface area contributed by atoms with Gasteiger partial charge in [0.05, 0.1) is 12.1 Å². The molecule has 1 heterocycles. The summed E-state index contributed by atoms with van der Waals surface area (Å²) in [6.45, 7) is 4.06. The summed E-state index contributed by atoms with van der Waals surface area (Å²) in [5.41, 5.74) is 2.36. The molecular formula is C16H20N2O. The molecule has 100 valence electrons. The lowest BCUT2D eigenvalue weighted by atomic mass is 10.0. The minimum atomic E-state index is 0.154. The Hall–Kier alpha value is -1.87. The van der Waals surface area contributed by atoms with Gasteiger partial charge in [-0.3, -0.25) is 4.98 Å². The smallest absolute Gasteiger partial charge is 0.119 e. The van der Waals surface area contributed by atoms with E-state index in [0.29, 0.717) is 0 Å². The Labute approximate surface area is 114 Å². The Kier molecular flexibility index (Phi) is 4.53. The van der Waals surface area contributed by atoms with Crippen LogP contribution in [0.1, 0.15) is 31.0 Å². The second-order valence-corrected chi connectivity index (χ2v) is 4.74. The summed E-state index contributed by atoms with van der Waals surface area (Å²) >= 11 is 0. The second-order valence-electron chi connectivity index (χ2n) is 4.74. The molecule has 0 radical (unpaired) electrons. The largest absolute Gasteiger partial charge is 0.491 e. The Morgan fingerprint density at radius 2 is 1.79 bits per heavy atom. The van der Waals surface area contributed by atoms with Gasteiger partial charge >= 0.3 is 0 Å². The molecule has 1 unspecified atom stereocenters. The van der Waals surface area contributed by atoms with Crippen LogP contribution in [-0.2, 0) is 0 Å². The molecule has 1 atom stereocenters. The third kappa shape index (κ3) is 3.55. The lowest BCUT2D eigenvalue weighted by molar-refractivity contribution is 0.242. The van der Waals surface area contributed by atoms with Crippen LogP contribution in [0.3, 0.4) is 0 Å². The number of hydrogen-bond acceptors (Lipinski definition) is 3. The summed E-state index contributed by atoms with van der Waals surface area (Å²) in [4.78, 5) is 4.17. The van der Waals surface area contributed by atoms with Crippen LogP contribution in [0.15, 0.2) is 48.8 Å². The molecule has 1 aromatic heterocycles. The topological polar surface area (TPSA) is 34.1 Å². The van der Waals surface area contributed by atoms with E-state index < -0.39 is 0 Å². The van der Waals surface area contributed by atoms with E-state index in [-0.39, 0.29) is 12.1 Å². The minimum absolute atomic E-state index is 0.154. The summed E-state index contributed by atoms with van der Waals surface area (Å²) in [6, 6.07) is 12.4. The third-order valence-electron chi connectivity index (χ3n) is 2.89. The first-order chi connectivity index (χ1) is 9.20. The zero-order valence-corrected chi connectivity index (χ0v) is 11.6. The maximum Gasteiger partial charge on any atom is 0.119 e. The molecule has 0 spiro atoms. The highest BCUT2D eigenvalue weighted by Crippen LogP contribution is 2.23. The van der Waals surface area contributed by atoms with Gasteiger partial charge in [-0.25, -0.2) is 0 Å². The number of aromatic nitrogens is 1. The number of nitrogens with one attached hydrogen (secondary N) is 1. The maximum atomic E-state index is 5.66. The number of nitrogens with zero attached hydrogens (tertiary/aromatic N) is 1. The highest BCUT2D eigenvalue weighted by atomic mass is 16.5. The lowest BCUT2D eigenvalue weighted by Crippen LogP contribution is -2.17. The fourth-order valence-corrected chi connectivity index (χ4v) is 2.08. The van der Waals surface area contributed by atoms with E-state index in [2.05, 4.69) is 28.5 Å². The summed E-state index contributed by atoms with van der Waals surface area (Å²) < 4.78 is 5.66. The normalized spacial score (nSPS) is 12.4. The molecular weight excluding hydrogens is 236 g/mol. The van der Waals surface area contributed by atoms with Gasteiger partial charge in [0, 0.05) is 12.4 Å². The van der Waals surface area contributed by atoms with Crippen molar-refractivity contribution < 1.29 is 4.74 Å². The van der Waals surface area contributed by atoms with Crippen LogP contribution < -0.4 is 10.1 Å². The van der Waals surface area contributed by atoms with E-state index in [1.54, 1.807) is 6.20 Å². The molecule has 2 aromatic rings. The van der Waals surface area contributed by atoms with Gasteiger partial charge in [0.2, 0.25) is 0 Å². The molecule has 2 rings (SSSR count). The van der Waals surface area contributed by atoms with Crippen molar-refractivity contribution in [2.75, 3.05) is 7.05 Å².